The first-order valence-electron chi connectivity index (χ1n) is 17.5. The summed E-state index contributed by atoms with van der Waals surface area (Å²) in [7, 11) is 1.04. The Balaban J connectivity index is 1.67. The van der Waals surface area contributed by atoms with Crippen LogP contribution in [0.3, 0.4) is 0 Å². The van der Waals surface area contributed by atoms with Crippen LogP contribution in [0, 0.1) is 5.89 Å². The monoisotopic (exact) mass is 580 g/mol. The number of H-pyrrole nitrogens is 1. The van der Waals surface area contributed by atoms with Crippen LogP contribution >= 0.6 is 0 Å². The smallest absolute Gasteiger partial charge is 0.410 e. The van der Waals surface area contributed by atoms with Crippen molar-refractivity contribution in [1.29, 1.82) is 0 Å². The Labute approximate surface area is 252 Å². The van der Waals surface area contributed by atoms with Crippen LogP contribution < -0.4 is 10.6 Å². The van der Waals surface area contributed by atoms with Crippen molar-refractivity contribution in [2.45, 2.75) is 64.1 Å². The molecule has 2 aromatic carbocycles. The molecule has 218 valence electrons. The van der Waals surface area contributed by atoms with Crippen molar-refractivity contribution in [2.75, 3.05) is 13.7 Å². The van der Waals surface area contributed by atoms with E-state index in [9.17, 15) is 19.2 Å². The normalized spacial score (nSPS) is 20.8. The van der Waals surface area contributed by atoms with E-state index in [2.05, 4.69) is 15.6 Å². The lowest BCUT2D eigenvalue weighted by Crippen LogP contribution is -2.56. The average molecular weight is 581 g/mol. The highest BCUT2D eigenvalue weighted by Crippen LogP contribution is 2.21. The Morgan fingerprint density at radius 1 is 1.10 bits per heavy atom. The van der Waals surface area contributed by atoms with E-state index in [4.69, 9.17) is 21.8 Å². The lowest BCUT2D eigenvalue weighted by Gasteiger charge is -2.27. The van der Waals surface area contributed by atoms with Gasteiger partial charge in [-0.05, 0) is 42.3 Å². The number of fused-ring (bicyclic) bond motifs is 1. The number of nitrogens with one attached hydrogen (secondary N) is 3. The number of methoxy groups -OCH3 is 1. The maximum Gasteiger partial charge on any atom is 0.410 e. The van der Waals surface area contributed by atoms with E-state index >= 15 is 0 Å². The van der Waals surface area contributed by atoms with Gasteiger partial charge < -0.3 is 25.1 Å². The molecule has 3 N–H and O–H groups in total. The number of para-hydroxylation sites is 1. The molecule has 1 saturated heterocycles. The number of benzene rings is 2. The van der Waals surface area contributed by atoms with E-state index < -0.39 is 68.0 Å². The first kappa shape index (κ1) is 19.7. The van der Waals surface area contributed by atoms with Crippen LogP contribution in [0.5, 0.6) is 0 Å². The van der Waals surface area contributed by atoms with Gasteiger partial charge in [0.1, 0.15) is 24.7 Å². The molecule has 4 rings (SSSR count). The first-order valence-corrected chi connectivity index (χ1v) is 13.0. The molecule has 0 spiro atoms. The average Bonchev–Trinajstić information content (AvgIpc) is 3.72. The second-order valence-electron chi connectivity index (χ2n) is 9.50. The number of esters is 1. The van der Waals surface area contributed by atoms with E-state index in [0.29, 0.717) is 28.5 Å². The lowest BCUT2D eigenvalue weighted by molar-refractivity contribution is -0.145. The van der Waals surface area contributed by atoms with Crippen molar-refractivity contribution < 1.29 is 41.0 Å². The molecule has 3 atom stereocenters. The third-order valence-corrected chi connectivity index (χ3v) is 6.73. The maximum atomic E-state index is 14.0. The van der Waals surface area contributed by atoms with Gasteiger partial charge in [-0.2, -0.15) is 0 Å². The highest BCUT2D eigenvalue weighted by molar-refractivity contribution is 5.93. The summed E-state index contributed by atoms with van der Waals surface area (Å²) in [6.45, 7) is -7.77. The molecule has 3 aromatic rings. The van der Waals surface area contributed by atoms with Gasteiger partial charge in [-0.15, -0.1) is 0 Å². The zero-order valence-corrected chi connectivity index (χ0v) is 22.4. The highest BCUT2D eigenvalue weighted by Gasteiger charge is 2.37. The van der Waals surface area contributed by atoms with Crippen molar-refractivity contribution >= 4 is 34.8 Å². The maximum absolute atomic E-state index is 14.0. The molecule has 10 heteroatoms. The van der Waals surface area contributed by atoms with Crippen molar-refractivity contribution in [3.63, 3.8) is 0 Å². The SMILES string of the molecule is [3H]C([3H])([3H])C([3H])(C([3H])([3H])[3H])C([3H])([3H])[C@H](NC(=O)[C@@H]1CCCN1C(=O)OCc1ccccc1)C(=O)N[C@@H](Cc1c[nH]c2ccccc12)C(=O)OC. The van der Waals surface area contributed by atoms with Gasteiger partial charge in [0, 0.05) is 42.4 Å². The summed E-state index contributed by atoms with van der Waals surface area (Å²) in [5.74, 6) is -7.59. The summed E-state index contributed by atoms with van der Waals surface area (Å²) in [6.07, 6.45) is -3.00. The number of nitrogens with zero attached hydrogens (tertiary/aromatic N) is 1. The zero-order chi connectivity index (χ0) is 37.1. The van der Waals surface area contributed by atoms with Crippen LogP contribution in [-0.2, 0) is 36.9 Å². The molecule has 0 saturated carbocycles. The fourth-order valence-electron chi connectivity index (χ4n) is 4.72. The van der Waals surface area contributed by atoms with Crippen LogP contribution in [-0.4, -0.2) is 65.5 Å². The van der Waals surface area contributed by atoms with Gasteiger partial charge in [0.25, 0.3) is 0 Å². The van der Waals surface area contributed by atoms with Gasteiger partial charge in [0.05, 0.1) is 7.11 Å². The molecule has 1 aliphatic heterocycles. The Bertz CT molecular complexity index is 1680. The summed E-state index contributed by atoms with van der Waals surface area (Å²) in [5.41, 5.74) is 1.91. The number of likely N-dealkylation sites (tertiary alicyclic amines) is 1. The second kappa shape index (κ2) is 13.8. The summed E-state index contributed by atoms with van der Waals surface area (Å²) >= 11 is 0. The molecule has 0 radical (unpaired) electrons. The molecule has 41 heavy (non-hydrogen) atoms. The number of hydrogen-bond acceptors (Lipinski definition) is 6. The molecule has 3 amide bonds. The fraction of sp³-hybridized carbons (Fsp3) is 0.419. The van der Waals surface area contributed by atoms with Crippen molar-refractivity contribution in [3.05, 3.63) is 71.9 Å². The Morgan fingerprint density at radius 2 is 1.85 bits per heavy atom. The molecular formula is C31H38N4O6. The Morgan fingerprint density at radius 3 is 2.61 bits per heavy atom. The van der Waals surface area contributed by atoms with E-state index in [0.717, 1.165) is 12.0 Å². The van der Waals surface area contributed by atoms with Crippen LogP contribution in [0.4, 0.5) is 4.79 Å². The largest absolute Gasteiger partial charge is 0.467 e. The minimum absolute atomic E-state index is 0.0412. The summed E-state index contributed by atoms with van der Waals surface area (Å²) in [5, 5.41) is 5.07. The molecule has 0 bridgehead atoms. The van der Waals surface area contributed by atoms with Gasteiger partial charge in [-0.1, -0.05) is 62.2 Å². The van der Waals surface area contributed by atoms with E-state index in [1.165, 1.54) is 0 Å². The Hall–Kier alpha value is -4.34. The lowest BCUT2D eigenvalue weighted by atomic mass is 10.0. The van der Waals surface area contributed by atoms with Crippen molar-refractivity contribution in [3.8, 4) is 0 Å². The van der Waals surface area contributed by atoms with Gasteiger partial charge in [-0.25, -0.2) is 9.59 Å². The summed E-state index contributed by atoms with van der Waals surface area (Å²) in [6, 6.07) is 10.2. The molecule has 2 heterocycles. The first-order chi connectivity index (χ1) is 23.3. The number of amides is 3. The van der Waals surface area contributed by atoms with E-state index in [1.54, 1.807) is 60.8 Å². The number of aromatic amines is 1. The van der Waals surface area contributed by atoms with Crippen molar-refractivity contribution in [1.82, 2.24) is 20.5 Å². The molecule has 0 aliphatic carbocycles. The summed E-state index contributed by atoms with van der Waals surface area (Å²) in [4.78, 5) is 57.7. The van der Waals surface area contributed by atoms with Gasteiger partial charge in [-0.3, -0.25) is 14.5 Å². The minimum Gasteiger partial charge on any atom is -0.467 e. The molecule has 10 nitrogen and oxygen atoms in total. The number of aromatic nitrogens is 1. The minimum atomic E-state index is -3.97. The standard InChI is InChI=1S/C31H38N4O6/c1-20(2)16-25(28(36)34-26(30(38)40-3)17-22-18-32-24-13-8-7-12-23(22)24)33-29(37)27-14-9-15-35(27)31(39)41-19-21-10-5-4-6-11-21/h4-8,10-13,18,20,25-27,32H,9,14-17,19H2,1-3H3,(H,33,37)(H,34,36)/t25-,26-,27-/m0/s1/i1T3,2T3,16T2,20T. The van der Waals surface area contributed by atoms with E-state index in [-0.39, 0.29) is 26.0 Å². The van der Waals surface area contributed by atoms with Crippen LogP contribution in [0.15, 0.2) is 60.8 Å². The molecule has 1 aliphatic rings. The zero-order valence-electron chi connectivity index (χ0n) is 31.4. The van der Waals surface area contributed by atoms with Gasteiger partial charge in [0.15, 0.2) is 0 Å². The quantitative estimate of drug-likeness (QED) is 0.297. The number of rotatable bonds is 11. The number of carbonyl (C=O) groups excluding carboxylic acids is 4. The topological polar surface area (TPSA) is 130 Å². The molecule has 1 aromatic heterocycles. The van der Waals surface area contributed by atoms with Crippen LogP contribution in [0.2, 0.25) is 0 Å². The van der Waals surface area contributed by atoms with Crippen LogP contribution in [0.25, 0.3) is 10.9 Å². The van der Waals surface area contributed by atoms with Crippen LogP contribution in [0.1, 0.15) is 56.4 Å². The fourth-order valence-corrected chi connectivity index (χ4v) is 4.72. The predicted octanol–water partition coefficient (Wildman–Crippen LogP) is 3.70. The number of hydrogen-bond donors (Lipinski definition) is 3. The molecular weight excluding hydrogens is 524 g/mol. The van der Waals surface area contributed by atoms with Gasteiger partial charge >= 0.3 is 12.1 Å². The summed E-state index contributed by atoms with van der Waals surface area (Å²) < 4.78 is 83.7. The highest BCUT2D eigenvalue weighted by atomic mass is 16.6. The number of ether oxygens (including phenoxy) is 2. The molecule has 1 fully saturated rings. The molecule has 0 unspecified atom stereocenters. The predicted molar refractivity (Wildman–Crippen MR) is 154 cm³/mol. The van der Waals surface area contributed by atoms with Crippen molar-refractivity contribution in [2.24, 2.45) is 5.89 Å². The van der Waals surface area contributed by atoms with E-state index in [1.807, 2.05) is 0 Å². The van der Waals surface area contributed by atoms with Gasteiger partial charge in [0.2, 0.25) is 11.8 Å². The Kier molecular flexibility index (Phi) is 6.64. The third kappa shape index (κ3) is 7.65. The number of carbonyl (C=O) groups is 4. The second-order valence-corrected chi connectivity index (χ2v) is 9.50. The third-order valence-electron chi connectivity index (χ3n) is 6.73.